The Balaban J connectivity index is 1.64. The first-order chi connectivity index (χ1) is 9.76. The zero-order valence-corrected chi connectivity index (χ0v) is 12.1. The molecule has 2 aliphatic heterocycles. The Hall–Kier alpha value is -1.55. The summed E-state index contributed by atoms with van der Waals surface area (Å²) in [6, 6.07) is 9.09. The molecule has 1 amide bonds. The molecule has 0 aliphatic carbocycles. The predicted octanol–water partition coefficient (Wildman–Crippen LogP) is 2.08. The van der Waals surface area contributed by atoms with Gasteiger partial charge in [-0.05, 0) is 50.4 Å². The van der Waals surface area contributed by atoms with Gasteiger partial charge in [-0.2, -0.15) is 0 Å². The Morgan fingerprint density at radius 1 is 1.30 bits per heavy atom. The zero-order valence-electron chi connectivity index (χ0n) is 12.1. The number of fused-ring (bicyclic) bond motifs is 1. The molecule has 1 aromatic carbocycles. The fourth-order valence-corrected chi connectivity index (χ4v) is 3.49. The highest BCUT2D eigenvalue weighted by Gasteiger charge is 2.31. The van der Waals surface area contributed by atoms with E-state index in [1.54, 1.807) is 7.05 Å². The molecule has 20 heavy (non-hydrogen) atoms. The summed E-state index contributed by atoms with van der Waals surface area (Å²) in [5.41, 5.74) is 1.78. The van der Waals surface area contributed by atoms with Gasteiger partial charge in [-0.25, -0.2) is 0 Å². The summed E-state index contributed by atoms with van der Waals surface area (Å²) in [7, 11) is 1.66. The summed E-state index contributed by atoms with van der Waals surface area (Å²) < 4.78 is 0. The van der Waals surface area contributed by atoms with Gasteiger partial charge in [0.1, 0.15) is 0 Å². The number of anilines is 1. The summed E-state index contributed by atoms with van der Waals surface area (Å²) in [6.07, 6.45) is 5.12. The predicted molar refractivity (Wildman–Crippen MR) is 81.1 cm³/mol. The number of piperidine rings is 1. The molecule has 2 N–H and O–H groups in total. The number of hydrogen-bond donors (Lipinski definition) is 2. The molecule has 2 atom stereocenters. The molecule has 0 aromatic heterocycles. The summed E-state index contributed by atoms with van der Waals surface area (Å²) >= 11 is 0. The van der Waals surface area contributed by atoms with Gasteiger partial charge in [-0.1, -0.05) is 6.07 Å². The molecule has 2 saturated heterocycles. The summed E-state index contributed by atoms with van der Waals surface area (Å²) in [5, 5.41) is 6.28. The maximum Gasteiger partial charge on any atom is 0.251 e. The first-order valence-electron chi connectivity index (χ1n) is 7.59. The molecule has 2 aliphatic rings. The van der Waals surface area contributed by atoms with Gasteiger partial charge >= 0.3 is 0 Å². The van der Waals surface area contributed by atoms with Crippen LogP contribution in [0.1, 0.15) is 36.0 Å². The highest BCUT2D eigenvalue weighted by Crippen LogP contribution is 2.28. The molecule has 4 heteroatoms. The van der Waals surface area contributed by atoms with Gasteiger partial charge in [0.05, 0.1) is 0 Å². The lowest BCUT2D eigenvalue weighted by molar-refractivity contribution is 0.0963. The lowest BCUT2D eigenvalue weighted by atomic mass is 9.97. The maximum atomic E-state index is 11.7. The fraction of sp³-hybridized carbons (Fsp3) is 0.562. The van der Waals surface area contributed by atoms with E-state index >= 15 is 0 Å². The van der Waals surface area contributed by atoms with Crippen molar-refractivity contribution in [2.24, 2.45) is 0 Å². The third-order valence-electron chi connectivity index (χ3n) is 4.54. The molecule has 0 bridgehead atoms. The van der Waals surface area contributed by atoms with Gasteiger partial charge in [-0.3, -0.25) is 4.79 Å². The van der Waals surface area contributed by atoms with Crippen LogP contribution >= 0.6 is 0 Å². The lowest BCUT2D eigenvalue weighted by Gasteiger charge is -2.35. The van der Waals surface area contributed by atoms with Crippen LogP contribution in [-0.2, 0) is 0 Å². The maximum absolute atomic E-state index is 11.7. The Bertz CT molecular complexity index is 488. The van der Waals surface area contributed by atoms with Crippen molar-refractivity contribution >= 4 is 11.6 Å². The van der Waals surface area contributed by atoms with E-state index in [0.29, 0.717) is 6.04 Å². The summed E-state index contributed by atoms with van der Waals surface area (Å²) in [4.78, 5) is 14.3. The van der Waals surface area contributed by atoms with Crippen LogP contribution in [0.4, 0.5) is 5.69 Å². The van der Waals surface area contributed by atoms with Crippen LogP contribution in [0.5, 0.6) is 0 Å². The normalized spacial score (nSPS) is 26.1. The standard InChI is InChI=1S/C16H23N3O/c1-17-16(20)12-4-2-5-13(10-12)18-14-7-9-19-8-3-6-15(19)11-14/h2,4-5,10,14-15,18H,3,6-9,11H2,1H3,(H,17,20). The first-order valence-corrected chi connectivity index (χ1v) is 7.59. The number of carbonyl (C=O) groups is 1. The van der Waals surface area contributed by atoms with Crippen LogP contribution in [0.2, 0.25) is 0 Å². The van der Waals surface area contributed by atoms with E-state index in [4.69, 9.17) is 0 Å². The molecule has 2 fully saturated rings. The second-order valence-electron chi connectivity index (χ2n) is 5.86. The van der Waals surface area contributed by atoms with Gasteiger partial charge < -0.3 is 15.5 Å². The molecule has 0 spiro atoms. The van der Waals surface area contributed by atoms with Gasteiger partial charge in [0.25, 0.3) is 5.91 Å². The van der Waals surface area contributed by atoms with E-state index in [-0.39, 0.29) is 5.91 Å². The second kappa shape index (κ2) is 5.83. The number of benzene rings is 1. The molecular weight excluding hydrogens is 250 g/mol. The van der Waals surface area contributed by atoms with Crippen LogP contribution in [0.25, 0.3) is 0 Å². The minimum Gasteiger partial charge on any atom is -0.382 e. The number of hydrogen-bond acceptors (Lipinski definition) is 3. The van der Waals surface area contributed by atoms with Crippen molar-refractivity contribution in [1.82, 2.24) is 10.2 Å². The molecule has 108 valence electrons. The molecule has 1 aromatic rings. The Kier molecular flexibility index (Phi) is 3.92. The Morgan fingerprint density at radius 3 is 3.05 bits per heavy atom. The lowest BCUT2D eigenvalue weighted by Crippen LogP contribution is -2.42. The van der Waals surface area contributed by atoms with Crippen molar-refractivity contribution in [1.29, 1.82) is 0 Å². The van der Waals surface area contributed by atoms with Crippen molar-refractivity contribution in [3.05, 3.63) is 29.8 Å². The van der Waals surface area contributed by atoms with Gasteiger partial charge in [0.15, 0.2) is 0 Å². The highest BCUT2D eigenvalue weighted by molar-refractivity contribution is 5.94. The van der Waals surface area contributed by atoms with Gasteiger partial charge in [-0.15, -0.1) is 0 Å². The zero-order chi connectivity index (χ0) is 13.9. The van der Waals surface area contributed by atoms with E-state index in [1.807, 2.05) is 24.3 Å². The van der Waals surface area contributed by atoms with E-state index in [0.717, 1.165) is 17.3 Å². The smallest absolute Gasteiger partial charge is 0.251 e. The second-order valence-corrected chi connectivity index (χ2v) is 5.86. The third kappa shape index (κ3) is 2.80. The van der Waals surface area contributed by atoms with Crippen LogP contribution in [0.15, 0.2) is 24.3 Å². The van der Waals surface area contributed by atoms with Crippen LogP contribution < -0.4 is 10.6 Å². The molecule has 0 radical (unpaired) electrons. The minimum atomic E-state index is -0.0285. The molecule has 2 unspecified atom stereocenters. The van der Waals surface area contributed by atoms with Crippen LogP contribution in [-0.4, -0.2) is 43.0 Å². The average molecular weight is 273 g/mol. The van der Waals surface area contributed by atoms with Crippen molar-refractivity contribution in [3.8, 4) is 0 Å². The fourth-order valence-electron chi connectivity index (χ4n) is 3.49. The number of carbonyl (C=O) groups excluding carboxylic acids is 1. The third-order valence-corrected chi connectivity index (χ3v) is 4.54. The SMILES string of the molecule is CNC(=O)c1cccc(NC2CCN3CCCC3C2)c1. The van der Waals surface area contributed by atoms with E-state index in [1.165, 1.54) is 38.8 Å². The molecule has 0 saturated carbocycles. The van der Waals surface area contributed by atoms with Gasteiger partial charge in [0.2, 0.25) is 0 Å². The largest absolute Gasteiger partial charge is 0.382 e. The highest BCUT2D eigenvalue weighted by atomic mass is 16.1. The van der Waals surface area contributed by atoms with Crippen molar-refractivity contribution in [2.45, 2.75) is 37.8 Å². The number of nitrogens with zero attached hydrogens (tertiary/aromatic N) is 1. The topological polar surface area (TPSA) is 44.4 Å². The van der Waals surface area contributed by atoms with E-state index in [9.17, 15) is 4.79 Å². The summed E-state index contributed by atoms with van der Waals surface area (Å²) in [5.74, 6) is -0.0285. The summed E-state index contributed by atoms with van der Waals surface area (Å²) in [6.45, 7) is 2.49. The van der Waals surface area contributed by atoms with Gasteiger partial charge in [0, 0.05) is 36.9 Å². The van der Waals surface area contributed by atoms with Crippen molar-refractivity contribution < 1.29 is 4.79 Å². The molecular formula is C16H23N3O. The molecule has 3 rings (SSSR count). The molecule has 4 nitrogen and oxygen atoms in total. The first kappa shape index (κ1) is 13.4. The quantitative estimate of drug-likeness (QED) is 0.886. The molecule has 2 heterocycles. The minimum absolute atomic E-state index is 0.0285. The number of nitrogens with one attached hydrogen (secondary N) is 2. The van der Waals surface area contributed by atoms with Crippen LogP contribution in [0, 0.1) is 0 Å². The average Bonchev–Trinajstić information content (AvgIpc) is 2.94. The van der Waals surface area contributed by atoms with E-state index < -0.39 is 0 Å². The Morgan fingerprint density at radius 2 is 2.20 bits per heavy atom. The van der Waals surface area contributed by atoms with E-state index in [2.05, 4.69) is 15.5 Å². The van der Waals surface area contributed by atoms with Crippen molar-refractivity contribution in [3.63, 3.8) is 0 Å². The monoisotopic (exact) mass is 273 g/mol. The number of rotatable bonds is 3. The van der Waals surface area contributed by atoms with Crippen LogP contribution in [0.3, 0.4) is 0 Å². The van der Waals surface area contributed by atoms with Crippen molar-refractivity contribution in [2.75, 3.05) is 25.5 Å². The Labute approximate surface area is 120 Å². The number of amides is 1.